The highest BCUT2D eigenvalue weighted by atomic mass is 16.5. The number of amides is 1. The van der Waals surface area contributed by atoms with Crippen LogP contribution in [0.2, 0.25) is 0 Å². The Kier molecular flexibility index (Phi) is 4.57. The van der Waals surface area contributed by atoms with Gasteiger partial charge in [0.25, 0.3) is 0 Å². The van der Waals surface area contributed by atoms with Crippen molar-refractivity contribution in [3.05, 3.63) is 59.3 Å². The lowest BCUT2D eigenvalue weighted by Gasteiger charge is -2.36. The fourth-order valence-corrected chi connectivity index (χ4v) is 2.97. The minimum absolute atomic E-state index is 0.0284. The molecule has 0 radical (unpaired) electrons. The molecule has 1 aromatic heterocycles. The Morgan fingerprint density at radius 3 is 2.78 bits per heavy atom. The van der Waals surface area contributed by atoms with Gasteiger partial charge in [-0.25, -0.2) is 4.98 Å². The SMILES string of the molecule is COc1cccc(CC(=O)N2Cc3ccccc3C[C@H]2CO)n1. The summed E-state index contributed by atoms with van der Waals surface area (Å²) in [6.45, 7) is 0.496. The first-order valence-corrected chi connectivity index (χ1v) is 7.68. The Labute approximate surface area is 135 Å². The van der Waals surface area contributed by atoms with Crippen molar-refractivity contribution in [1.82, 2.24) is 9.88 Å². The van der Waals surface area contributed by atoms with Gasteiger partial charge in [-0.05, 0) is 23.6 Å². The van der Waals surface area contributed by atoms with Gasteiger partial charge in [-0.3, -0.25) is 4.79 Å². The van der Waals surface area contributed by atoms with Gasteiger partial charge in [0.1, 0.15) is 0 Å². The molecule has 1 N–H and O–H groups in total. The van der Waals surface area contributed by atoms with Gasteiger partial charge < -0.3 is 14.7 Å². The number of carbonyl (C=O) groups is 1. The minimum Gasteiger partial charge on any atom is -0.481 e. The van der Waals surface area contributed by atoms with Gasteiger partial charge in [-0.2, -0.15) is 0 Å². The quantitative estimate of drug-likeness (QED) is 0.931. The number of fused-ring (bicyclic) bond motifs is 1. The zero-order valence-corrected chi connectivity index (χ0v) is 13.1. The van der Waals surface area contributed by atoms with E-state index in [1.54, 1.807) is 18.1 Å². The molecule has 1 atom stereocenters. The zero-order valence-electron chi connectivity index (χ0n) is 13.1. The van der Waals surface area contributed by atoms with Crippen LogP contribution < -0.4 is 4.74 Å². The monoisotopic (exact) mass is 312 g/mol. The van der Waals surface area contributed by atoms with Gasteiger partial charge in [0, 0.05) is 12.6 Å². The first-order chi connectivity index (χ1) is 11.2. The van der Waals surface area contributed by atoms with Crippen molar-refractivity contribution < 1.29 is 14.6 Å². The van der Waals surface area contributed by atoms with E-state index in [-0.39, 0.29) is 25.0 Å². The molecule has 120 valence electrons. The molecule has 2 heterocycles. The predicted molar refractivity (Wildman–Crippen MR) is 86.1 cm³/mol. The van der Waals surface area contributed by atoms with E-state index in [9.17, 15) is 9.90 Å². The average molecular weight is 312 g/mol. The first kappa shape index (κ1) is 15.5. The summed E-state index contributed by atoms with van der Waals surface area (Å²) in [5.41, 5.74) is 3.02. The Morgan fingerprint density at radius 2 is 2.04 bits per heavy atom. The smallest absolute Gasteiger partial charge is 0.229 e. The number of hydrogen-bond acceptors (Lipinski definition) is 4. The van der Waals surface area contributed by atoms with Crippen LogP contribution >= 0.6 is 0 Å². The lowest BCUT2D eigenvalue weighted by Crippen LogP contribution is -2.46. The van der Waals surface area contributed by atoms with E-state index in [2.05, 4.69) is 11.1 Å². The summed E-state index contributed by atoms with van der Waals surface area (Å²) < 4.78 is 5.09. The van der Waals surface area contributed by atoms with E-state index in [4.69, 9.17) is 4.74 Å². The molecule has 0 bridgehead atoms. The second-order valence-corrected chi connectivity index (χ2v) is 5.68. The maximum Gasteiger partial charge on any atom is 0.229 e. The highest BCUT2D eigenvalue weighted by molar-refractivity contribution is 5.79. The largest absolute Gasteiger partial charge is 0.481 e. The number of carbonyl (C=O) groups excluding carboxylic acids is 1. The molecule has 5 heteroatoms. The molecule has 0 unspecified atom stereocenters. The highest BCUT2D eigenvalue weighted by Gasteiger charge is 2.29. The summed E-state index contributed by atoms with van der Waals surface area (Å²) in [4.78, 5) is 18.7. The molecular weight excluding hydrogens is 292 g/mol. The van der Waals surface area contributed by atoms with E-state index in [1.165, 1.54) is 5.56 Å². The van der Waals surface area contributed by atoms with Crippen molar-refractivity contribution in [2.75, 3.05) is 13.7 Å². The van der Waals surface area contributed by atoms with Crippen LogP contribution in [0.15, 0.2) is 42.5 Å². The fraction of sp³-hybridized carbons (Fsp3) is 0.333. The molecule has 0 spiro atoms. The molecule has 0 saturated heterocycles. The molecule has 0 saturated carbocycles. The topological polar surface area (TPSA) is 62.7 Å². The molecule has 2 aromatic rings. The molecule has 1 aliphatic heterocycles. The molecular formula is C18H20N2O3. The van der Waals surface area contributed by atoms with E-state index >= 15 is 0 Å². The average Bonchev–Trinajstić information content (AvgIpc) is 2.60. The zero-order chi connectivity index (χ0) is 16.2. The van der Waals surface area contributed by atoms with Gasteiger partial charge in [0.2, 0.25) is 11.8 Å². The Hall–Kier alpha value is -2.40. The number of aliphatic hydroxyl groups is 1. The third kappa shape index (κ3) is 3.35. The summed E-state index contributed by atoms with van der Waals surface area (Å²) in [5, 5.41) is 9.65. The Balaban J connectivity index is 1.78. The van der Waals surface area contributed by atoms with Gasteiger partial charge in [0.05, 0.1) is 31.9 Å². The van der Waals surface area contributed by atoms with Crippen LogP contribution in [0, 0.1) is 0 Å². The van der Waals surface area contributed by atoms with Crippen molar-refractivity contribution in [1.29, 1.82) is 0 Å². The molecule has 1 aliphatic rings. The summed E-state index contributed by atoms with van der Waals surface area (Å²) in [7, 11) is 1.55. The number of pyridine rings is 1. The van der Waals surface area contributed by atoms with Gasteiger partial charge >= 0.3 is 0 Å². The number of methoxy groups -OCH3 is 1. The summed E-state index contributed by atoms with van der Waals surface area (Å²) in [5.74, 6) is 0.470. The van der Waals surface area contributed by atoms with Crippen molar-refractivity contribution in [3.8, 4) is 5.88 Å². The molecule has 3 rings (SSSR count). The van der Waals surface area contributed by atoms with Crippen LogP contribution in [0.25, 0.3) is 0 Å². The van der Waals surface area contributed by atoms with Crippen LogP contribution in [0.1, 0.15) is 16.8 Å². The third-order valence-corrected chi connectivity index (χ3v) is 4.21. The summed E-state index contributed by atoms with van der Waals surface area (Å²) in [6.07, 6.45) is 0.889. The van der Waals surface area contributed by atoms with Crippen molar-refractivity contribution >= 4 is 5.91 Å². The second kappa shape index (κ2) is 6.79. The van der Waals surface area contributed by atoms with E-state index in [0.717, 1.165) is 5.56 Å². The maximum absolute atomic E-state index is 12.7. The minimum atomic E-state index is -0.178. The van der Waals surface area contributed by atoms with Crippen LogP contribution in [-0.2, 0) is 24.2 Å². The van der Waals surface area contributed by atoms with Gasteiger partial charge in [0.15, 0.2) is 0 Å². The Bertz CT molecular complexity index is 702. The Morgan fingerprint density at radius 1 is 1.26 bits per heavy atom. The molecule has 0 fully saturated rings. The van der Waals surface area contributed by atoms with Crippen LogP contribution in [0.5, 0.6) is 5.88 Å². The number of benzene rings is 1. The van der Waals surface area contributed by atoms with Crippen molar-refractivity contribution in [2.24, 2.45) is 0 Å². The standard InChI is InChI=1S/C18H20N2O3/c1-23-17-8-4-7-15(19-17)10-18(22)20-11-14-6-3-2-5-13(14)9-16(20)12-21/h2-8,16,21H,9-12H2,1H3/t16-/m0/s1. The summed E-state index contributed by atoms with van der Waals surface area (Å²) >= 11 is 0. The lowest BCUT2D eigenvalue weighted by molar-refractivity contribution is -0.135. The molecule has 23 heavy (non-hydrogen) atoms. The van der Waals surface area contributed by atoms with E-state index in [1.807, 2.05) is 30.3 Å². The fourth-order valence-electron chi connectivity index (χ4n) is 2.97. The number of nitrogens with zero attached hydrogens (tertiary/aromatic N) is 2. The van der Waals surface area contributed by atoms with Crippen molar-refractivity contribution in [2.45, 2.75) is 25.4 Å². The van der Waals surface area contributed by atoms with E-state index in [0.29, 0.717) is 24.5 Å². The lowest BCUT2D eigenvalue weighted by atomic mass is 9.94. The van der Waals surface area contributed by atoms with Gasteiger partial charge in [-0.15, -0.1) is 0 Å². The van der Waals surface area contributed by atoms with Crippen LogP contribution in [0.4, 0.5) is 0 Å². The molecule has 0 aliphatic carbocycles. The predicted octanol–water partition coefficient (Wildman–Crippen LogP) is 1.58. The van der Waals surface area contributed by atoms with Crippen LogP contribution in [0.3, 0.4) is 0 Å². The second-order valence-electron chi connectivity index (χ2n) is 5.68. The summed E-state index contributed by atoms with van der Waals surface area (Å²) in [6, 6.07) is 13.3. The number of rotatable bonds is 4. The highest BCUT2D eigenvalue weighted by Crippen LogP contribution is 2.24. The van der Waals surface area contributed by atoms with Gasteiger partial charge in [-0.1, -0.05) is 30.3 Å². The number of aromatic nitrogens is 1. The number of aliphatic hydroxyl groups excluding tert-OH is 1. The molecule has 5 nitrogen and oxygen atoms in total. The molecule has 1 aromatic carbocycles. The first-order valence-electron chi connectivity index (χ1n) is 7.68. The van der Waals surface area contributed by atoms with Crippen LogP contribution in [-0.4, -0.2) is 40.7 Å². The normalized spacial score (nSPS) is 16.8. The maximum atomic E-state index is 12.7. The third-order valence-electron chi connectivity index (χ3n) is 4.21. The van der Waals surface area contributed by atoms with E-state index < -0.39 is 0 Å². The number of hydrogen-bond donors (Lipinski definition) is 1. The van der Waals surface area contributed by atoms with Crippen molar-refractivity contribution in [3.63, 3.8) is 0 Å². The number of ether oxygens (including phenoxy) is 1. The molecule has 1 amide bonds.